The average molecular weight is 308 g/mol. The van der Waals surface area contributed by atoms with Gasteiger partial charge >= 0.3 is 5.97 Å². The van der Waals surface area contributed by atoms with Crippen LogP contribution in [0.4, 0.5) is 5.82 Å². The fourth-order valence-corrected chi connectivity index (χ4v) is 2.50. The van der Waals surface area contributed by atoms with Crippen LogP contribution in [0.5, 0.6) is 0 Å². The normalized spacial score (nSPS) is 14.6. The molecule has 0 saturated carbocycles. The predicted molar refractivity (Wildman–Crippen MR) is 85.4 cm³/mol. The van der Waals surface area contributed by atoms with Gasteiger partial charge in [0.15, 0.2) is 0 Å². The van der Waals surface area contributed by atoms with E-state index < -0.39 is 0 Å². The Labute approximate surface area is 129 Å². The van der Waals surface area contributed by atoms with Gasteiger partial charge in [-0.25, -0.2) is 9.78 Å². The van der Waals surface area contributed by atoms with Crippen molar-refractivity contribution in [2.24, 2.45) is 0 Å². The molecule has 112 valence electrons. The number of esters is 1. The van der Waals surface area contributed by atoms with Crippen LogP contribution >= 0.6 is 12.4 Å². The zero-order chi connectivity index (χ0) is 13.9. The highest BCUT2D eigenvalue weighted by Gasteiger charge is 2.17. The maximum atomic E-state index is 12.0. The van der Waals surface area contributed by atoms with Crippen LogP contribution < -0.4 is 10.2 Å². The first-order chi connectivity index (χ1) is 9.79. The average Bonchev–Trinajstić information content (AvgIpc) is 2.54. The van der Waals surface area contributed by atoms with Crippen molar-refractivity contribution in [3.63, 3.8) is 0 Å². The van der Waals surface area contributed by atoms with E-state index in [2.05, 4.69) is 15.2 Å². The quantitative estimate of drug-likeness (QED) is 0.858. The van der Waals surface area contributed by atoms with E-state index in [-0.39, 0.29) is 18.4 Å². The number of halogens is 1. The molecule has 21 heavy (non-hydrogen) atoms. The van der Waals surface area contributed by atoms with Crippen molar-refractivity contribution in [3.05, 3.63) is 35.9 Å². The molecule has 1 saturated heterocycles. The minimum atomic E-state index is -0.319. The van der Waals surface area contributed by atoms with Crippen LogP contribution in [-0.2, 0) is 4.74 Å². The van der Waals surface area contributed by atoms with Gasteiger partial charge in [-0.05, 0) is 12.1 Å². The third kappa shape index (κ3) is 3.09. The molecule has 0 bridgehead atoms. The van der Waals surface area contributed by atoms with Crippen LogP contribution in [0.1, 0.15) is 10.4 Å². The van der Waals surface area contributed by atoms with Crippen molar-refractivity contribution in [1.29, 1.82) is 0 Å². The zero-order valence-corrected chi connectivity index (χ0v) is 12.7. The monoisotopic (exact) mass is 307 g/mol. The summed E-state index contributed by atoms with van der Waals surface area (Å²) in [5.41, 5.74) is 1.40. The number of aromatic nitrogens is 1. The topological polar surface area (TPSA) is 54.5 Å². The second kappa shape index (κ2) is 6.74. The molecule has 0 unspecified atom stereocenters. The van der Waals surface area contributed by atoms with E-state index in [0.717, 1.165) is 42.9 Å². The molecule has 1 aromatic heterocycles. The molecule has 5 nitrogen and oxygen atoms in total. The zero-order valence-electron chi connectivity index (χ0n) is 11.8. The van der Waals surface area contributed by atoms with Crippen LogP contribution in [0, 0.1) is 0 Å². The number of hydrogen-bond acceptors (Lipinski definition) is 5. The summed E-state index contributed by atoms with van der Waals surface area (Å²) in [5.74, 6) is 0.519. The number of pyridine rings is 1. The molecule has 0 radical (unpaired) electrons. The second-order valence-electron chi connectivity index (χ2n) is 4.77. The van der Waals surface area contributed by atoms with Gasteiger partial charge < -0.3 is 15.0 Å². The number of anilines is 1. The second-order valence-corrected chi connectivity index (χ2v) is 4.77. The van der Waals surface area contributed by atoms with Crippen molar-refractivity contribution in [2.45, 2.75) is 0 Å². The number of methoxy groups -OCH3 is 1. The van der Waals surface area contributed by atoms with E-state index in [1.165, 1.54) is 7.11 Å². The summed E-state index contributed by atoms with van der Waals surface area (Å²) in [5, 5.41) is 4.14. The number of fused-ring (bicyclic) bond motifs is 1. The van der Waals surface area contributed by atoms with E-state index in [4.69, 9.17) is 4.74 Å². The first-order valence-electron chi connectivity index (χ1n) is 6.73. The third-order valence-electron chi connectivity index (χ3n) is 3.55. The Morgan fingerprint density at radius 2 is 2.00 bits per heavy atom. The molecule has 2 aromatic rings. The van der Waals surface area contributed by atoms with Gasteiger partial charge in [0.2, 0.25) is 0 Å². The fourth-order valence-electron chi connectivity index (χ4n) is 2.50. The summed E-state index contributed by atoms with van der Waals surface area (Å²) >= 11 is 0. The Bertz CT molecular complexity index is 642. The Balaban J connectivity index is 0.00000161. The first kappa shape index (κ1) is 15.5. The van der Waals surface area contributed by atoms with Crippen molar-refractivity contribution in [1.82, 2.24) is 10.3 Å². The van der Waals surface area contributed by atoms with Crippen LogP contribution in [-0.4, -0.2) is 44.2 Å². The Hall–Kier alpha value is -1.85. The summed E-state index contributed by atoms with van der Waals surface area (Å²) in [7, 11) is 1.40. The van der Waals surface area contributed by atoms with E-state index in [9.17, 15) is 4.79 Å². The molecule has 3 rings (SSSR count). The van der Waals surface area contributed by atoms with Gasteiger partial charge in [0.25, 0.3) is 0 Å². The highest BCUT2D eigenvalue weighted by molar-refractivity contribution is 6.04. The van der Waals surface area contributed by atoms with E-state index in [1.807, 2.05) is 30.3 Å². The maximum Gasteiger partial charge on any atom is 0.338 e. The fraction of sp³-hybridized carbons (Fsp3) is 0.333. The molecule has 0 aliphatic carbocycles. The van der Waals surface area contributed by atoms with Gasteiger partial charge in [-0.2, -0.15) is 0 Å². The van der Waals surface area contributed by atoms with E-state index in [0.29, 0.717) is 5.56 Å². The summed E-state index contributed by atoms with van der Waals surface area (Å²) < 4.78 is 4.89. The molecule has 1 aliphatic rings. The van der Waals surface area contributed by atoms with Crippen LogP contribution in [0.2, 0.25) is 0 Å². The van der Waals surface area contributed by atoms with Gasteiger partial charge in [-0.15, -0.1) is 12.4 Å². The molecule has 2 heterocycles. The number of para-hydroxylation sites is 1. The number of rotatable bonds is 2. The summed E-state index contributed by atoms with van der Waals surface area (Å²) in [6.45, 7) is 3.65. The standard InChI is InChI=1S/C15H17N3O2.ClH/c1-20-15(19)12-10-14(18-8-6-16-7-9-18)17-13-5-3-2-4-11(12)13;/h2-5,10,16H,6-9H2,1H3;1H. The molecule has 6 heteroatoms. The number of ether oxygens (including phenoxy) is 1. The largest absolute Gasteiger partial charge is 0.465 e. The number of carbonyl (C=O) groups is 1. The van der Waals surface area contributed by atoms with Crippen molar-refractivity contribution in [2.75, 3.05) is 38.2 Å². The lowest BCUT2D eigenvalue weighted by atomic mass is 10.1. The number of nitrogens with one attached hydrogen (secondary N) is 1. The molecule has 0 spiro atoms. The Kier molecular flexibility index (Phi) is 4.98. The van der Waals surface area contributed by atoms with E-state index in [1.54, 1.807) is 0 Å². The lowest BCUT2D eigenvalue weighted by Crippen LogP contribution is -2.44. The molecule has 1 fully saturated rings. The minimum Gasteiger partial charge on any atom is -0.465 e. The van der Waals surface area contributed by atoms with Gasteiger partial charge in [-0.3, -0.25) is 0 Å². The number of carbonyl (C=O) groups excluding carboxylic acids is 1. The lowest BCUT2D eigenvalue weighted by Gasteiger charge is -2.28. The van der Waals surface area contributed by atoms with Crippen molar-refractivity contribution >= 4 is 35.1 Å². The molecule has 0 atom stereocenters. The number of piperazine rings is 1. The number of benzene rings is 1. The van der Waals surface area contributed by atoms with Gasteiger partial charge in [0.05, 0.1) is 18.2 Å². The number of hydrogen-bond donors (Lipinski definition) is 1. The third-order valence-corrected chi connectivity index (χ3v) is 3.55. The molecular formula is C15H18ClN3O2. The summed E-state index contributed by atoms with van der Waals surface area (Å²) in [6.07, 6.45) is 0. The molecular weight excluding hydrogens is 290 g/mol. The summed E-state index contributed by atoms with van der Waals surface area (Å²) in [4.78, 5) is 18.8. The van der Waals surface area contributed by atoms with Gasteiger partial charge in [-0.1, -0.05) is 18.2 Å². The maximum absolute atomic E-state index is 12.0. The van der Waals surface area contributed by atoms with Crippen LogP contribution in [0.15, 0.2) is 30.3 Å². The van der Waals surface area contributed by atoms with Crippen molar-refractivity contribution < 1.29 is 9.53 Å². The summed E-state index contributed by atoms with van der Waals surface area (Å²) in [6, 6.07) is 9.49. The molecule has 0 amide bonds. The van der Waals surface area contributed by atoms with Crippen LogP contribution in [0.25, 0.3) is 10.9 Å². The lowest BCUT2D eigenvalue weighted by molar-refractivity contribution is 0.0603. The van der Waals surface area contributed by atoms with Crippen molar-refractivity contribution in [3.8, 4) is 0 Å². The van der Waals surface area contributed by atoms with Crippen LogP contribution in [0.3, 0.4) is 0 Å². The van der Waals surface area contributed by atoms with E-state index >= 15 is 0 Å². The highest BCUT2D eigenvalue weighted by atomic mass is 35.5. The minimum absolute atomic E-state index is 0. The smallest absolute Gasteiger partial charge is 0.338 e. The first-order valence-corrected chi connectivity index (χ1v) is 6.73. The highest BCUT2D eigenvalue weighted by Crippen LogP contribution is 2.23. The molecule has 1 aromatic carbocycles. The molecule has 1 N–H and O–H groups in total. The predicted octanol–water partition coefficient (Wildman–Crippen LogP) is 1.85. The molecule has 1 aliphatic heterocycles. The SMILES string of the molecule is COC(=O)c1cc(N2CCNCC2)nc2ccccc12.Cl. The van der Waals surface area contributed by atoms with Gasteiger partial charge in [0.1, 0.15) is 5.82 Å². The Morgan fingerprint density at radius 1 is 1.29 bits per heavy atom. The number of nitrogens with zero attached hydrogens (tertiary/aromatic N) is 2. The Morgan fingerprint density at radius 3 is 2.71 bits per heavy atom. The van der Waals surface area contributed by atoms with Gasteiger partial charge in [0, 0.05) is 31.6 Å².